The first-order valence-electron chi connectivity index (χ1n) is 6.09. The van der Waals surface area contributed by atoms with Crippen LogP contribution < -0.4 is 10.1 Å². The highest BCUT2D eigenvalue weighted by Gasteiger charge is 2.27. The van der Waals surface area contributed by atoms with E-state index in [1.807, 2.05) is 0 Å². The van der Waals surface area contributed by atoms with Crippen molar-refractivity contribution in [1.82, 2.24) is 5.32 Å². The predicted molar refractivity (Wildman–Crippen MR) is 87.5 cm³/mol. The highest BCUT2D eigenvalue weighted by molar-refractivity contribution is 6.67. The first-order chi connectivity index (χ1) is 10.7. The molecule has 0 radical (unpaired) electrons. The average Bonchev–Trinajstić information content (AvgIpc) is 2.49. The summed E-state index contributed by atoms with van der Waals surface area (Å²) in [5.74, 6) is -0.310. The minimum Gasteiger partial charge on any atom is -0.495 e. The molecular weight excluding hydrogens is 392 g/mol. The van der Waals surface area contributed by atoms with Crippen LogP contribution in [0, 0.1) is 0 Å². The molecule has 1 rings (SSSR count). The van der Waals surface area contributed by atoms with Crippen LogP contribution in [0.3, 0.4) is 0 Å². The lowest BCUT2D eigenvalue weighted by Crippen LogP contribution is -2.36. The summed E-state index contributed by atoms with van der Waals surface area (Å²) in [4.78, 5) is 23.6. The fourth-order valence-corrected chi connectivity index (χ4v) is 2.00. The van der Waals surface area contributed by atoms with Gasteiger partial charge in [0.1, 0.15) is 12.4 Å². The Balaban J connectivity index is 2.91. The second-order valence-electron chi connectivity index (χ2n) is 4.19. The van der Waals surface area contributed by atoms with E-state index in [0.717, 1.165) is 0 Å². The monoisotopic (exact) mass is 403 g/mol. The van der Waals surface area contributed by atoms with E-state index in [4.69, 9.17) is 55.9 Å². The third kappa shape index (κ3) is 6.51. The van der Waals surface area contributed by atoms with E-state index >= 15 is 0 Å². The molecule has 128 valence electrons. The number of benzene rings is 1. The van der Waals surface area contributed by atoms with Gasteiger partial charge in [-0.25, -0.2) is 9.59 Å². The van der Waals surface area contributed by atoms with Crippen molar-refractivity contribution in [3.63, 3.8) is 0 Å². The van der Waals surface area contributed by atoms with E-state index < -0.39 is 28.5 Å². The number of methoxy groups -OCH3 is 2. The lowest BCUT2D eigenvalue weighted by atomic mass is 10.1. The van der Waals surface area contributed by atoms with Crippen LogP contribution in [0.4, 0.5) is 4.79 Å². The summed E-state index contributed by atoms with van der Waals surface area (Å²) in [6.45, 7) is -0.485. The van der Waals surface area contributed by atoms with Gasteiger partial charge in [0.15, 0.2) is 6.04 Å². The summed E-state index contributed by atoms with van der Waals surface area (Å²) in [6, 6.07) is 3.40. The average molecular weight is 405 g/mol. The van der Waals surface area contributed by atoms with E-state index in [9.17, 15) is 9.59 Å². The van der Waals surface area contributed by atoms with Crippen molar-refractivity contribution >= 4 is 58.5 Å². The van der Waals surface area contributed by atoms with Gasteiger partial charge in [-0.1, -0.05) is 52.5 Å². The number of halogens is 4. The molecule has 1 atom stereocenters. The van der Waals surface area contributed by atoms with Crippen molar-refractivity contribution in [2.45, 2.75) is 9.83 Å². The number of nitrogens with one attached hydrogen (secondary N) is 1. The summed E-state index contributed by atoms with van der Waals surface area (Å²) < 4.78 is 12.6. The quantitative estimate of drug-likeness (QED) is 0.598. The zero-order valence-corrected chi connectivity index (χ0v) is 15.1. The van der Waals surface area contributed by atoms with Gasteiger partial charge >= 0.3 is 12.1 Å². The molecule has 0 saturated carbocycles. The lowest BCUT2D eigenvalue weighted by molar-refractivity contribution is -0.143. The topological polar surface area (TPSA) is 73.9 Å². The first-order valence-corrected chi connectivity index (χ1v) is 7.60. The minimum absolute atomic E-state index is 0.260. The Morgan fingerprint density at radius 1 is 1.26 bits per heavy atom. The Morgan fingerprint density at radius 3 is 2.39 bits per heavy atom. The number of hydrogen-bond donors (Lipinski definition) is 1. The van der Waals surface area contributed by atoms with Crippen LogP contribution in [-0.2, 0) is 14.3 Å². The molecule has 6 nitrogen and oxygen atoms in total. The summed E-state index contributed by atoms with van der Waals surface area (Å²) >= 11 is 22.4. The van der Waals surface area contributed by atoms with Gasteiger partial charge in [-0.15, -0.1) is 0 Å². The largest absolute Gasteiger partial charge is 0.495 e. The number of alkyl carbamates (subject to hydrolysis) is 1. The maximum atomic E-state index is 11.9. The van der Waals surface area contributed by atoms with Crippen molar-refractivity contribution in [3.8, 4) is 5.75 Å². The molecule has 0 aliphatic heterocycles. The summed E-state index contributed by atoms with van der Waals surface area (Å²) in [5.41, 5.74) is 0.369. The molecule has 1 aromatic carbocycles. The molecule has 0 heterocycles. The van der Waals surface area contributed by atoms with Gasteiger partial charge in [0.05, 0.1) is 19.2 Å². The Hall–Kier alpha value is -1.08. The van der Waals surface area contributed by atoms with Gasteiger partial charge in [0.2, 0.25) is 3.79 Å². The first kappa shape index (κ1) is 20.0. The van der Waals surface area contributed by atoms with E-state index in [1.165, 1.54) is 20.3 Å². The highest BCUT2D eigenvalue weighted by atomic mass is 35.6. The molecule has 0 aromatic heterocycles. The smallest absolute Gasteiger partial charge is 0.408 e. The molecule has 0 aliphatic rings. The third-order valence-corrected chi connectivity index (χ3v) is 3.20. The summed E-state index contributed by atoms with van der Waals surface area (Å²) in [6.07, 6.45) is -0.960. The van der Waals surface area contributed by atoms with Crippen molar-refractivity contribution in [3.05, 3.63) is 28.8 Å². The van der Waals surface area contributed by atoms with E-state index in [2.05, 4.69) is 10.1 Å². The van der Waals surface area contributed by atoms with Gasteiger partial charge in [-0.05, 0) is 17.7 Å². The Morgan fingerprint density at radius 2 is 1.91 bits per heavy atom. The second-order valence-corrected chi connectivity index (χ2v) is 7.11. The molecule has 23 heavy (non-hydrogen) atoms. The molecule has 1 unspecified atom stereocenters. The fourth-order valence-electron chi connectivity index (χ4n) is 1.57. The summed E-state index contributed by atoms with van der Waals surface area (Å²) in [7, 11) is 2.62. The van der Waals surface area contributed by atoms with Crippen molar-refractivity contribution in [1.29, 1.82) is 0 Å². The number of alkyl halides is 3. The van der Waals surface area contributed by atoms with E-state index in [0.29, 0.717) is 11.3 Å². The molecule has 10 heteroatoms. The SMILES string of the molecule is COC(=O)C(NC(=O)OCC(Cl)(Cl)Cl)c1ccc(OC)c(Cl)c1. The number of hydrogen-bond acceptors (Lipinski definition) is 5. The predicted octanol–water partition coefficient (Wildman–Crippen LogP) is 3.66. The molecule has 1 amide bonds. The second kappa shape index (κ2) is 8.68. The molecular formula is C13H13Cl4NO5. The molecule has 1 aromatic rings. The van der Waals surface area contributed by atoms with Crippen molar-refractivity contribution in [2.75, 3.05) is 20.8 Å². The van der Waals surface area contributed by atoms with Crippen molar-refractivity contribution < 1.29 is 23.8 Å². The van der Waals surface area contributed by atoms with Gasteiger partial charge < -0.3 is 19.5 Å². The van der Waals surface area contributed by atoms with Crippen LogP contribution in [0.5, 0.6) is 5.75 Å². The molecule has 0 aliphatic carbocycles. The van der Waals surface area contributed by atoms with Crippen molar-refractivity contribution in [2.24, 2.45) is 0 Å². The van der Waals surface area contributed by atoms with Crippen LogP contribution in [0.15, 0.2) is 18.2 Å². The number of esters is 1. The van der Waals surface area contributed by atoms with E-state index in [-0.39, 0.29) is 5.02 Å². The van der Waals surface area contributed by atoms with Crippen LogP contribution in [0.25, 0.3) is 0 Å². The minimum atomic E-state index is -1.76. The maximum absolute atomic E-state index is 11.9. The lowest BCUT2D eigenvalue weighted by Gasteiger charge is -2.18. The highest BCUT2D eigenvalue weighted by Crippen LogP contribution is 2.29. The zero-order valence-electron chi connectivity index (χ0n) is 12.1. The number of amides is 1. The van der Waals surface area contributed by atoms with Gasteiger partial charge in [0, 0.05) is 0 Å². The standard InChI is InChI=1S/C13H13Cl4NO5/c1-21-9-4-3-7(5-8(9)14)10(11(19)22-2)18-12(20)23-6-13(15,16)17/h3-5,10H,6H2,1-2H3,(H,18,20). The molecule has 0 saturated heterocycles. The molecule has 0 spiro atoms. The summed E-state index contributed by atoms with van der Waals surface area (Å²) in [5, 5.41) is 2.57. The molecule has 0 fully saturated rings. The van der Waals surface area contributed by atoms with Crippen LogP contribution in [-0.4, -0.2) is 36.7 Å². The molecule has 1 N–H and O–H groups in total. The normalized spacial score (nSPS) is 12.3. The number of ether oxygens (including phenoxy) is 3. The van der Waals surface area contributed by atoms with Gasteiger partial charge in [-0.2, -0.15) is 0 Å². The third-order valence-electron chi connectivity index (χ3n) is 2.58. The Kier molecular flexibility index (Phi) is 7.54. The van der Waals surface area contributed by atoms with Gasteiger partial charge in [0.25, 0.3) is 0 Å². The molecule has 0 bridgehead atoms. The Bertz CT molecular complexity index is 576. The maximum Gasteiger partial charge on any atom is 0.408 e. The van der Waals surface area contributed by atoms with Crippen LogP contribution >= 0.6 is 46.4 Å². The fraction of sp³-hybridized carbons (Fsp3) is 0.385. The van der Waals surface area contributed by atoms with Gasteiger partial charge in [-0.3, -0.25) is 0 Å². The zero-order chi connectivity index (χ0) is 17.6. The Labute approximate surface area is 152 Å². The van der Waals surface area contributed by atoms with E-state index in [1.54, 1.807) is 12.1 Å². The number of rotatable bonds is 5. The van der Waals surface area contributed by atoms with Crippen LogP contribution in [0.1, 0.15) is 11.6 Å². The number of carbonyl (C=O) groups excluding carboxylic acids is 2. The number of carbonyl (C=O) groups is 2. The van der Waals surface area contributed by atoms with Crippen LogP contribution in [0.2, 0.25) is 5.02 Å².